The number of aliphatic hydroxyl groups excluding tert-OH is 2. The fraction of sp³-hybridized carbons (Fsp3) is 0.864. The molecule has 0 radical (unpaired) electrons. The largest absolute Gasteiger partial charge is 0.481 e. The highest BCUT2D eigenvalue weighted by molar-refractivity contribution is 5.66. The zero-order valence-corrected chi connectivity index (χ0v) is 17.0. The summed E-state index contributed by atoms with van der Waals surface area (Å²) in [6.07, 6.45) is 13.4. The molecular formula is C22H40O4. The second kappa shape index (κ2) is 11.8. The van der Waals surface area contributed by atoms with E-state index in [0.717, 1.165) is 38.5 Å². The maximum absolute atomic E-state index is 10.5. The van der Waals surface area contributed by atoms with Crippen molar-refractivity contribution in [2.24, 2.45) is 17.3 Å². The van der Waals surface area contributed by atoms with E-state index in [1.54, 1.807) is 0 Å². The van der Waals surface area contributed by atoms with Crippen LogP contribution >= 0.6 is 0 Å². The van der Waals surface area contributed by atoms with Crippen LogP contribution in [0.3, 0.4) is 0 Å². The van der Waals surface area contributed by atoms with Crippen LogP contribution < -0.4 is 0 Å². The van der Waals surface area contributed by atoms with Gasteiger partial charge in [0.15, 0.2) is 0 Å². The predicted octanol–water partition coefficient (Wildman–Crippen LogP) is 4.93. The SMILES string of the molecule is CCCCC(C)(C)C=CCC1C(O)CC(O)C1CCCCCCC(=O)O. The minimum absolute atomic E-state index is 0.141. The monoisotopic (exact) mass is 368 g/mol. The first-order chi connectivity index (χ1) is 12.3. The Bertz CT molecular complexity index is 430. The summed E-state index contributed by atoms with van der Waals surface area (Å²) in [5.41, 5.74) is 0.192. The van der Waals surface area contributed by atoms with Gasteiger partial charge in [0.2, 0.25) is 0 Å². The van der Waals surface area contributed by atoms with E-state index in [0.29, 0.717) is 6.42 Å². The number of carbonyl (C=O) groups is 1. The Labute approximate surface area is 159 Å². The Hall–Kier alpha value is -0.870. The van der Waals surface area contributed by atoms with Gasteiger partial charge in [-0.05, 0) is 49.4 Å². The molecule has 0 aliphatic heterocycles. The average molecular weight is 369 g/mol. The van der Waals surface area contributed by atoms with Crippen molar-refractivity contribution in [3.63, 3.8) is 0 Å². The highest BCUT2D eigenvalue weighted by atomic mass is 16.4. The molecule has 1 saturated carbocycles. The summed E-state index contributed by atoms with van der Waals surface area (Å²) >= 11 is 0. The van der Waals surface area contributed by atoms with Crippen molar-refractivity contribution in [2.75, 3.05) is 0 Å². The van der Waals surface area contributed by atoms with Gasteiger partial charge in [-0.2, -0.15) is 0 Å². The fourth-order valence-corrected chi connectivity index (χ4v) is 4.18. The topological polar surface area (TPSA) is 77.8 Å². The summed E-state index contributed by atoms with van der Waals surface area (Å²) < 4.78 is 0. The zero-order valence-electron chi connectivity index (χ0n) is 17.0. The van der Waals surface area contributed by atoms with Gasteiger partial charge in [0.05, 0.1) is 12.2 Å². The molecule has 152 valence electrons. The van der Waals surface area contributed by atoms with Crippen LogP contribution in [0.4, 0.5) is 0 Å². The molecule has 4 unspecified atom stereocenters. The molecule has 1 aliphatic rings. The van der Waals surface area contributed by atoms with Crippen LogP contribution in [0.25, 0.3) is 0 Å². The van der Waals surface area contributed by atoms with E-state index >= 15 is 0 Å². The van der Waals surface area contributed by atoms with Crippen LogP contribution in [0, 0.1) is 17.3 Å². The third-order valence-electron chi connectivity index (χ3n) is 5.85. The van der Waals surface area contributed by atoms with Crippen molar-refractivity contribution < 1.29 is 20.1 Å². The molecule has 4 heteroatoms. The number of hydrogen-bond donors (Lipinski definition) is 3. The van der Waals surface area contributed by atoms with Gasteiger partial charge in [0.1, 0.15) is 0 Å². The molecule has 3 N–H and O–H groups in total. The molecule has 0 aromatic heterocycles. The molecule has 0 spiro atoms. The van der Waals surface area contributed by atoms with E-state index in [-0.39, 0.29) is 23.7 Å². The van der Waals surface area contributed by atoms with Gasteiger partial charge < -0.3 is 15.3 Å². The van der Waals surface area contributed by atoms with Gasteiger partial charge in [-0.25, -0.2) is 0 Å². The first kappa shape index (κ1) is 23.2. The number of unbranched alkanes of at least 4 members (excludes halogenated alkanes) is 4. The Morgan fingerprint density at radius 1 is 1.04 bits per heavy atom. The molecule has 4 atom stereocenters. The fourth-order valence-electron chi connectivity index (χ4n) is 4.18. The average Bonchev–Trinajstić information content (AvgIpc) is 2.82. The van der Waals surface area contributed by atoms with Crippen LogP contribution in [0.15, 0.2) is 12.2 Å². The summed E-state index contributed by atoms with van der Waals surface area (Å²) in [5.74, 6) is -0.428. The van der Waals surface area contributed by atoms with Gasteiger partial charge in [-0.3, -0.25) is 4.79 Å². The van der Waals surface area contributed by atoms with Gasteiger partial charge in [-0.15, -0.1) is 0 Å². The number of rotatable bonds is 13. The molecule has 0 heterocycles. The zero-order chi connectivity index (χ0) is 19.6. The number of carboxylic acids is 1. The number of allylic oxidation sites excluding steroid dienone is 2. The van der Waals surface area contributed by atoms with Crippen molar-refractivity contribution in [1.82, 2.24) is 0 Å². The minimum atomic E-state index is -0.729. The summed E-state index contributed by atoms with van der Waals surface area (Å²) in [6.45, 7) is 6.73. The quantitative estimate of drug-likeness (QED) is 0.318. The lowest BCUT2D eigenvalue weighted by Crippen LogP contribution is -2.22. The second-order valence-corrected chi connectivity index (χ2v) is 8.77. The van der Waals surface area contributed by atoms with E-state index in [4.69, 9.17) is 5.11 Å². The number of aliphatic carboxylic acids is 1. The molecule has 0 bridgehead atoms. The van der Waals surface area contributed by atoms with E-state index in [1.807, 2.05) is 0 Å². The Balaban J connectivity index is 2.42. The van der Waals surface area contributed by atoms with E-state index in [1.165, 1.54) is 19.3 Å². The van der Waals surface area contributed by atoms with Crippen LogP contribution in [0.2, 0.25) is 0 Å². The predicted molar refractivity (Wildman–Crippen MR) is 106 cm³/mol. The molecule has 0 saturated heterocycles. The number of aliphatic hydroxyl groups is 2. The highest BCUT2D eigenvalue weighted by Gasteiger charge is 2.40. The minimum Gasteiger partial charge on any atom is -0.481 e. The molecule has 0 aromatic carbocycles. The second-order valence-electron chi connectivity index (χ2n) is 8.77. The normalized spacial score (nSPS) is 26.7. The van der Waals surface area contributed by atoms with E-state index in [2.05, 4.69) is 32.9 Å². The third-order valence-corrected chi connectivity index (χ3v) is 5.85. The number of carboxylic acid groups (broad SMARTS) is 1. The molecule has 0 amide bonds. The molecule has 0 aromatic rings. The van der Waals surface area contributed by atoms with Gasteiger partial charge in [0, 0.05) is 6.42 Å². The lowest BCUT2D eigenvalue weighted by Gasteiger charge is -2.24. The molecule has 1 rings (SSSR count). The van der Waals surface area contributed by atoms with Crippen LogP contribution in [-0.4, -0.2) is 33.5 Å². The molecular weight excluding hydrogens is 328 g/mol. The van der Waals surface area contributed by atoms with Crippen molar-refractivity contribution in [1.29, 1.82) is 0 Å². The molecule has 4 nitrogen and oxygen atoms in total. The molecule has 26 heavy (non-hydrogen) atoms. The first-order valence-corrected chi connectivity index (χ1v) is 10.5. The van der Waals surface area contributed by atoms with E-state index < -0.39 is 18.2 Å². The van der Waals surface area contributed by atoms with Crippen molar-refractivity contribution in [3.8, 4) is 0 Å². The Morgan fingerprint density at radius 2 is 1.69 bits per heavy atom. The molecule has 1 fully saturated rings. The standard InChI is InChI=1S/C22H40O4/c1-4-5-14-22(2,3)15-10-12-18-17(19(23)16-20(18)24)11-8-6-7-9-13-21(25)26/h10,15,17-20,23-24H,4-9,11-14,16H2,1-3H3,(H,25,26). The maximum Gasteiger partial charge on any atom is 0.303 e. The summed E-state index contributed by atoms with van der Waals surface area (Å²) in [5, 5.41) is 29.3. The van der Waals surface area contributed by atoms with Crippen LogP contribution in [0.5, 0.6) is 0 Å². The number of hydrogen-bond acceptors (Lipinski definition) is 3. The Kier molecular flexibility index (Phi) is 10.5. The van der Waals surface area contributed by atoms with Gasteiger partial charge in [0.25, 0.3) is 0 Å². The summed E-state index contributed by atoms with van der Waals surface area (Å²) in [6, 6.07) is 0. The highest BCUT2D eigenvalue weighted by Crippen LogP contribution is 2.39. The molecule has 1 aliphatic carbocycles. The van der Waals surface area contributed by atoms with Crippen molar-refractivity contribution >= 4 is 5.97 Å². The van der Waals surface area contributed by atoms with Crippen molar-refractivity contribution in [2.45, 2.75) is 104 Å². The van der Waals surface area contributed by atoms with Crippen molar-refractivity contribution in [3.05, 3.63) is 12.2 Å². The lowest BCUT2D eigenvalue weighted by molar-refractivity contribution is -0.137. The van der Waals surface area contributed by atoms with Gasteiger partial charge >= 0.3 is 5.97 Å². The van der Waals surface area contributed by atoms with Crippen LogP contribution in [0.1, 0.15) is 91.4 Å². The first-order valence-electron chi connectivity index (χ1n) is 10.5. The maximum atomic E-state index is 10.5. The third kappa shape index (κ3) is 8.68. The summed E-state index contributed by atoms with van der Waals surface area (Å²) in [7, 11) is 0. The van der Waals surface area contributed by atoms with Gasteiger partial charge in [-0.1, -0.05) is 65.0 Å². The van der Waals surface area contributed by atoms with Crippen LogP contribution in [-0.2, 0) is 4.79 Å². The van der Waals surface area contributed by atoms with E-state index in [9.17, 15) is 15.0 Å². The Morgan fingerprint density at radius 3 is 2.35 bits per heavy atom. The lowest BCUT2D eigenvalue weighted by atomic mass is 9.83. The summed E-state index contributed by atoms with van der Waals surface area (Å²) in [4.78, 5) is 10.5. The smallest absolute Gasteiger partial charge is 0.303 e.